The standard InChI is InChI=1S/C9H17NOS/c1-8-6-11-9(7-10-8)2-4-12-5-3-9/h8,10H,2-7H2,1H3. The maximum atomic E-state index is 5.94. The van der Waals surface area contributed by atoms with Crippen molar-refractivity contribution < 1.29 is 4.74 Å². The van der Waals surface area contributed by atoms with Crippen LogP contribution in [0.25, 0.3) is 0 Å². The third kappa shape index (κ3) is 1.78. The summed E-state index contributed by atoms with van der Waals surface area (Å²) in [6, 6.07) is 0.546. The Hall–Kier alpha value is 0.270. The van der Waals surface area contributed by atoms with E-state index < -0.39 is 0 Å². The van der Waals surface area contributed by atoms with Crippen LogP contribution in [0.15, 0.2) is 0 Å². The average Bonchev–Trinajstić information content (AvgIpc) is 2.13. The van der Waals surface area contributed by atoms with E-state index in [0.29, 0.717) is 6.04 Å². The van der Waals surface area contributed by atoms with Crippen LogP contribution in [0.2, 0.25) is 0 Å². The van der Waals surface area contributed by atoms with Gasteiger partial charge in [-0.05, 0) is 31.3 Å². The van der Waals surface area contributed by atoms with Gasteiger partial charge >= 0.3 is 0 Å². The SMILES string of the molecule is CC1COC2(CCSCC2)CN1. The zero-order valence-corrected chi connectivity index (χ0v) is 8.45. The minimum Gasteiger partial charge on any atom is -0.372 e. The lowest BCUT2D eigenvalue weighted by Gasteiger charge is -2.42. The molecule has 1 spiro atoms. The van der Waals surface area contributed by atoms with Gasteiger partial charge in [0.2, 0.25) is 0 Å². The van der Waals surface area contributed by atoms with Crippen LogP contribution in [0.1, 0.15) is 19.8 Å². The Bertz CT molecular complexity index is 147. The van der Waals surface area contributed by atoms with Crippen molar-refractivity contribution >= 4 is 11.8 Å². The van der Waals surface area contributed by atoms with E-state index in [0.717, 1.165) is 13.2 Å². The van der Waals surface area contributed by atoms with Gasteiger partial charge in [0.15, 0.2) is 0 Å². The quantitative estimate of drug-likeness (QED) is 0.617. The van der Waals surface area contributed by atoms with Crippen LogP contribution in [-0.4, -0.2) is 36.3 Å². The van der Waals surface area contributed by atoms with Gasteiger partial charge in [-0.25, -0.2) is 0 Å². The van der Waals surface area contributed by atoms with Crippen molar-refractivity contribution in [1.29, 1.82) is 0 Å². The van der Waals surface area contributed by atoms with Crippen molar-refractivity contribution in [2.24, 2.45) is 0 Å². The van der Waals surface area contributed by atoms with E-state index in [1.807, 2.05) is 0 Å². The molecular weight excluding hydrogens is 170 g/mol. The van der Waals surface area contributed by atoms with Crippen molar-refractivity contribution in [3.05, 3.63) is 0 Å². The van der Waals surface area contributed by atoms with Crippen molar-refractivity contribution in [3.8, 4) is 0 Å². The Morgan fingerprint density at radius 1 is 1.42 bits per heavy atom. The summed E-state index contributed by atoms with van der Waals surface area (Å²) in [6.07, 6.45) is 2.47. The molecule has 2 saturated heterocycles. The smallest absolute Gasteiger partial charge is 0.0822 e. The van der Waals surface area contributed by atoms with E-state index in [-0.39, 0.29) is 5.60 Å². The van der Waals surface area contributed by atoms with Crippen molar-refractivity contribution in [3.63, 3.8) is 0 Å². The van der Waals surface area contributed by atoms with Crippen LogP contribution in [0, 0.1) is 0 Å². The fourth-order valence-corrected chi connectivity index (χ4v) is 3.07. The van der Waals surface area contributed by atoms with E-state index in [4.69, 9.17) is 4.74 Å². The van der Waals surface area contributed by atoms with E-state index in [1.54, 1.807) is 0 Å². The molecule has 2 aliphatic rings. The van der Waals surface area contributed by atoms with E-state index >= 15 is 0 Å². The molecule has 2 aliphatic heterocycles. The van der Waals surface area contributed by atoms with Crippen molar-refractivity contribution in [2.45, 2.75) is 31.4 Å². The van der Waals surface area contributed by atoms with Gasteiger partial charge in [-0.1, -0.05) is 0 Å². The largest absolute Gasteiger partial charge is 0.372 e. The average molecular weight is 187 g/mol. The molecule has 0 aliphatic carbocycles. The lowest BCUT2D eigenvalue weighted by atomic mass is 9.94. The highest BCUT2D eigenvalue weighted by molar-refractivity contribution is 7.99. The van der Waals surface area contributed by atoms with Gasteiger partial charge in [-0.2, -0.15) is 11.8 Å². The number of nitrogens with one attached hydrogen (secondary N) is 1. The van der Waals surface area contributed by atoms with Crippen LogP contribution in [0.5, 0.6) is 0 Å². The molecular formula is C9H17NOS. The lowest BCUT2D eigenvalue weighted by molar-refractivity contribution is -0.0848. The maximum Gasteiger partial charge on any atom is 0.0822 e. The molecule has 0 aromatic rings. The molecule has 12 heavy (non-hydrogen) atoms. The molecule has 0 amide bonds. The Morgan fingerprint density at radius 3 is 2.75 bits per heavy atom. The predicted octanol–water partition coefficient (Wildman–Crippen LogP) is 1.26. The Balaban J connectivity index is 1.92. The van der Waals surface area contributed by atoms with Crippen molar-refractivity contribution in [2.75, 3.05) is 24.7 Å². The molecule has 0 saturated carbocycles. The first-order chi connectivity index (χ1) is 5.81. The summed E-state index contributed by atoms with van der Waals surface area (Å²) in [5.74, 6) is 2.55. The number of thioether (sulfide) groups is 1. The van der Waals surface area contributed by atoms with Crippen LogP contribution >= 0.6 is 11.8 Å². The molecule has 0 radical (unpaired) electrons. The molecule has 1 N–H and O–H groups in total. The summed E-state index contributed by atoms with van der Waals surface area (Å²) >= 11 is 2.06. The summed E-state index contributed by atoms with van der Waals surface area (Å²) in [4.78, 5) is 0. The molecule has 1 unspecified atom stereocenters. The van der Waals surface area contributed by atoms with Crippen LogP contribution < -0.4 is 5.32 Å². The molecule has 70 valence electrons. The van der Waals surface area contributed by atoms with Crippen molar-refractivity contribution in [1.82, 2.24) is 5.32 Å². The van der Waals surface area contributed by atoms with Gasteiger partial charge in [0, 0.05) is 12.6 Å². The fraction of sp³-hybridized carbons (Fsp3) is 1.00. The molecule has 0 aromatic heterocycles. The molecule has 1 atom stereocenters. The molecule has 2 heterocycles. The zero-order valence-electron chi connectivity index (χ0n) is 7.64. The van der Waals surface area contributed by atoms with Gasteiger partial charge in [0.25, 0.3) is 0 Å². The van der Waals surface area contributed by atoms with Crippen LogP contribution in [0.3, 0.4) is 0 Å². The molecule has 3 heteroatoms. The molecule has 0 bridgehead atoms. The summed E-state index contributed by atoms with van der Waals surface area (Å²) in [5, 5.41) is 3.51. The molecule has 2 rings (SSSR count). The summed E-state index contributed by atoms with van der Waals surface area (Å²) in [6.45, 7) is 4.14. The van der Waals surface area contributed by atoms with Gasteiger partial charge in [0.1, 0.15) is 0 Å². The third-order valence-corrected chi connectivity index (χ3v) is 3.80. The van der Waals surface area contributed by atoms with Crippen LogP contribution in [0.4, 0.5) is 0 Å². The normalized spacial score (nSPS) is 35.2. The Labute approximate surface area is 78.4 Å². The van der Waals surface area contributed by atoms with Gasteiger partial charge in [-0.3, -0.25) is 0 Å². The summed E-state index contributed by atoms with van der Waals surface area (Å²) < 4.78 is 5.94. The summed E-state index contributed by atoms with van der Waals surface area (Å²) in [5.41, 5.74) is 0.206. The van der Waals surface area contributed by atoms with E-state index in [1.165, 1.54) is 24.3 Å². The molecule has 2 fully saturated rings. The predicted molar refractivity (Wildman–Crippen MR) is 52.7 cm³/mol. The second-order valence-corrected chi connectivity index (χ2v) is 5.11. The maximum absolute atomic E-state index is 5.94. The lowest BCUT2D eigenvalue weighted by Crippen LogP contribution is -2.55. The topological polar surface area (TPSA) is 21.3 Å². The third-order valence-electron chi connectivity index (χ3n) is 2.82. The Kier molecular flexibility index (Phi) is 2.63. The number of ether oxygens (including phenoxy) is 1. The highest BCUT2D eigenvalue weighted by Gasteiger charge is 2.36. The number of rotatable bonds is 0. The summed E-state index contributed by atoms with van der Waals surface area (Å²) in [7, 11) is 0. The minimum absolute atomic E-state index is 0.206. The molecule has 0 aromatic carbocycles. The first-order valence-corrected chi connectivity index (χ1v) is 5.91. The first-order valence-electron chi connectivity index (χ1n) is 4.76. The Morgan fingerprint density at radius 2 is 2.17 bits per heavy atom. The minimum atomic E-state index is 0.206. The van der Waals surface area contributed by atoms with Gasteiger partial charge in [0.05, 0.1) is 12.2 Å². The van der Waals surface area contributed by atoms with E-state index in [2.05, 4.69) is 24.0 Å². The number of hydrogen-bond acceptors (Lipinski definition) is 3. The second kappa shape index (κ2) is 3.56. The van der Waals surface area contributed by atoms with E-state index in [9.17, 15) is 0 Å². The first kappa shape index (κ1) is 8.85. The van der Waals surface area contributed by atoms with Crippen LogP contribution in [-0.2, 0) is 4.74 Å². The number of morpholine rings is 1. The zero-order chi connectivity index (χ0) is 8.44. The van der Waals surface area contributed by atoms with Gasteiger partial charge < -0.3 is 10.1 Å². The molecule has 2 nitrogen and oxygen atoms in total. The highest BCUT2D eigenvalue weighted by Crippen LogP contribution is 2.31. The van der Waals surface area contributed by atoms with Gasteiger partial charge in [-0.15, -0.1) is 0 Å². The monoisotopic (exact) mass is 187 g/mol. The number of hydrogen-bond donors (Lipinski definition) is 1. The highest BCUT2D eigenvalue weighted by atomic mass is 32.2. The fourth-order valence-electron chi connectivity index (χ4n) is 1.84. The second-order valence-electron chi connectivity index (χ2n) is 3.89.